The van der Waals surface area contributed by atoms with Gasteiger partial charge >= 0.3 is 5.63 Å². The number of ketones is 1. The minimum atomic E-state index is -0.507. The molecule has 0 aliphatic heterocycles. The second-order valence-electron chi connectivity index (χ2n) is 5.19. The standard InChI is InChI=1S/C18H12Br2O4/c1-23-14-4-2-10(3-5-14)16(21)8-12-6-11-7-13(19)9-15(20)17(11)24-18(12)22/h2-7,9H,8H2,1H3. The number of carbonyl (C=O) groups is 1. The van der Waals surface area contributed by atoms with Gasteiger partial charge in [-0.2, -0.15) is 0 Å². The van der Waals surface area contributed by atoms with Crippen LogP contribution in [-0.4, -0.2) is 12.9 Å². The van der Waals surface area contributed by atoms with E-state index in [1.54, 1.807) is 43.5 Å². The van der Waals surface area contributed by atoms with E-state index in [9.17, 15) is 9.59 Å². The van der Waals surface area contributed by atoms with E-state index in [1.165, 1.54) is 0 Å². The van der Waals surface area contributed by atoms with Gasteiger partial charge in [0.2, 0.25) is 0 Å². The highest BCUT2D eigenvalue weighted by atomic mass is 79.9. The van der Waals surface area contributed by atoms with Crippen LogP contribution >= 0.6 is 31.9 Å². The summed E-state index contributed by atoms with van der Waals surface area (Å²) in [5.74, 6) is 0.518. The van der Waals surface area contributed by atoms with Crippen molar-refractivity contribution in [1.29, 1.82) is 0 Å². The van der Waals surface area contributed by atoms with Gasteiger partial charge in [-0.1, -0.05) is 15.9 Å². The molecule has 0 aliphatic carbocycles. The molecule has 0 N–H and O–H groups in total. The molecule has 122 valence electrons. The first-order chi connectivity index (χ1) is 11.5. The zero-order chi connectivity index (χ0) is 17.3. The van der Waals surface area contributed by atoms with Gasteiger partial charge in [-0.3, -0.25) is 4.79 Å². The highest BCUT2D eigenvalue weighted by molar-refractivity contribution is 9.11. The summed E-state index contributed by atoms with van der Waals surface area (Å²) in [6, 6.07) is 12.1. The van der Waals surface area contributed by atoms with E-state index in [1.807, 2.05) is 6.07 Å². The molecule has 3 rings (SSSR count). The Morgan fingerprint density at radius 1 is 1.12 bits per heavy atom. The summed E-state index contributed by atoms with van der Waals surface area (Å²) in [6.07, 6.45) is -0.0191. The molecule has 1 aromatic heterocycles. The molecule has 0 atom stereocenters. The molecular formula is C18H12Br2O4. The van der Waals surface area contributed by atoms with E-state index in [0.717, 1.165) is 9.86 Å². The molecule has 0 bridgehead atoms. The largest absolute Gasteiger partial charge is 0.497 e. The predicted molar refractivity (Wildman–Crippen MR) is 98.9 cm³/mol. The molecule has 0 unspecified atom stereocenters. The first kappa shape index (κ1) is 16.9. The lowest BCUT2D eigenvalue weighted by molar-refractivity contribution is 0.0992. The van der Waals surface area contributed by atoms with Crippen molar-refractivity contribution in [1.82, 2.24) is 0 Å². The molecule has 0 fully saturated rings. The topological polar surface area (TPSA) is 56.5 Å². The third kappa shape index (κ3) is 3.44. The lowest BCUT2D eigenvalue weighted by atomic mass is 10.0. The highest BCUT2D eigenvalue weighted by Crippen LogP contribution is 2.28. The summed E-state index contributed by atoms with van der Waals surface area (Å²) in [6.45, 7) is 0. The van der Waals surface area contributed by atoms with Crippen LogP contribution < -0.4 is 10.4 Å². The van der Waals surface area contributed by atoms with Crippen molar-refractivity contribution in [2.45, 2.75) is 6.42 Å². The molecule has 0 amide bonds. The summed E-state index contributed by atoms with van der Waals surface area (Å²) in [7, 11) is 1.56. The summed E-state index contributed by atoms with van der Waals surface area (Å²) < 4.78 is 12.0. The van der Waals surface area contributed by atoms with E-state index in [-0.39, 0.29) is 12.2 Å². The zero-order valence-corrected chi connectivity index (χ0v) is 15.8. The smallest absolute Gasteiger partial charge is 0.339 e. The van der Waals surface area contributed by atoms with Gasteiger partial charge in [0, 0.05) is 27.4 Å². The minimum absolute atomic E-state index is 0.0191. The molecule has 0 aliphatic rings. The van der Waals surface area contributed by atoms with Crippen LogP contribution in [0.2, 0.25) is 0 Å². The van der Waals surface area contributed by atoms with Crippen LogP contribution in [0.15, 0.2) is 60.6 Å². The summed E-state index contributed by atoms with van der Waals surface area (Å²) in [5, 5.41) is 0.744. The second kappa shape index (κ2) is 6.91. The Labute approximate surface area is 154 Å². The van der Waals surface area contributed by atoms with E-state index < -0.39 is 5.63 Å². The van der Waals surface area contributed by atoms with Gasteiger partial charge in [0.25, 0.3) is 0 Å². The maximum absolute atomic E-state index is 12.4. The molecule has 0 radical (unpaired) electrons. The van der Waals surface area contributed by atoms with Gasteiger partial charge in [0.1, 0.15) is 5.75 Å². The van der Waals surface area contributed by atoms with Gasteiger partial charge in [-0.05, 0) is 58.4 Å². The molecule has 3 aromatic rings. The lowest BCUT2D eigenvalue weighted by Gasteiger charge is -2.05. The molecule has 24 heavy (non-hydrogen) atoms. The van der Waals surface area contributed by atoms with Crippen LogP contribution in [-0.2, 0) is 6.42 Å². The monoisotopic (exact) mass is 450 g/mol. The fourth-order valence-corrected chi connectivity index (χ4v) is 3.71. The van der Waals surface area contributed by atoms with E-state index in [4.69, 9.17) is 9.15 Å². The number of benzene rings is 2. The normalized spacial score (nSPS) is 10.8. The molecule has 0 spiro atoms. The number of methoxy groups -OCH3 is 1. The van der Waals surface area contributed by atoms with Gasteiger partial charge in [0.05, 0.1) is 11.6 Å². The predicted octanol–water partition coefficient (Wildman–Crippen LogP) is 4.75. The Morgan fingerprint density at radius 3 is 2.50 bits per heavy atom. The molecule has 0 saturated carbocycles. The summed E-state index contributed by atoms with van der Waals surface area (Å²) in [5.41, 5.74) is 0.801. The maximum atomic E-state index is 12.4. The quantitative estimate of drug-likeness (QED) is 0.424. The van der Waals surface area contributed by atoms with Crippen molar-refractivity contribution in [3.05, 3.63) is 73.0 Å². The Balaban J connectivity index is 1.95. The van der Waals surface area contributed by atoms with E-state index >= 15 is 0 Å². The van der Waals surface area contributed by atoms with Crippen LogP contribution in [0.1, 0.15) is 15.9 Å². The third-order valence-corrected chi connectivity index (χ3v) is 4.63. The average molecular weight is 452 g/mol. The highest BCUT2D eigenvalue weighted by Gasteiger charge is 2.14. The van der Waals surface area contributed by atoms with Crippen molar-refractivity contribution < 1.29 is 13.9 Å². The number of Topliss-reactive ketones (excluding diaryl/α,β-unsaturated/α-hetero) is 1. The number of hydrogen-bond acceptors (Lipinski definition) is 4. The lowest BCUT2D eigenvalue weighted by Crippen LogP contribution is -2.13. The van der Waals surface area contributed by atoms with Gasteiger partial charge in [-0.25, -0.2) is 4.79 Å². The number of carbonyl (C=O) groups excluding carboxylic acids is 1. The van der Waals surface area contributed by atoms with Crippen LogP contribution in [0.3, 0.4) is 0 Å². The van der Waals surface area contributed by atoms with Crippen LogP contribution in [0, 0.1) is 0 Å². The molecule has 1 heterocycles. The van der Waals surface area contributed by atoms with Crippen molar-refractivity contribution in [3.63, 3.8) is 0 Å². The fourth-order valence-electron chi connectivity index (χ4n) is 2.38. The van der Waals surface area contributed by atoms with Crippen molar-refractivity contribution in [2.24, 2.45) is 0 Å². The number of halogens is 2. The van der Waals surface area contributed by atoms with Crippen molar-refractivity contribution >= 4 is 48.6 Å². The molecule has 4 nitrogen and oxygen atoms in total. The van der Waals surface area contributed by atoms with Gasteiger partial charge < -0.3 is 9.15 Å². The Bertz CT molecular complexity index is 975. The summed E-state index contributed by atoms with van der Waals surface area (Å²) >= 11 is 6.76. The van der Waals surface area contributed by atoms with Crippen LogP contribution in [0.25, 0.3) is 11.0 Å². The number of ether oxygens (including phenoxy) is 1. The molecule has 6 heteroatoms. The minimum Gasteiger partial charge on any atom is -0.497 e. The molecule has 2 aromatic carbocycles. The Hall–Kier alpha value is -1.92. The fraction of sp³-hybridized carbons (Fsp3) is 0.111. The van der Waals surface area contributed by atoms with E-state index in [0.29, 0.717) is 26.9 Å². The SMILES string of the molecule is COc1ccc(C(=O)Cc2cc3cc(Br)cc(Br)c3oc2=O)cc1. The van der Waals surface area contributed by atoms with Crippen molar-refractivity contribution in [2.75, 3.05) is 7.11 Å². The van der Waals surface area contributed by atoms with Gasteiger partial charge in [-0.15, -0.1) is 0 Å². The van der Waals surface area contributed by atoms with Gasteiger partial charge in [0.15, 0.2) is 11.4 Å². The molecular weight excluding hydrogens is 440 g/mol. The Kier molecular flexibility index (Phi) is 4.87. The zero-order valence-electron chi connectivity index (χ0n) is 12.6. The first-order valence-corrected chi connectivity index (χ1v) is 8.65. The van der Waals surface area contributed by atoms with Crippen LogP contribution in [0.5, 0.6) is 5.75 Å². The maximum Gasteiger partial charge on any atom is 0.339 e. The van der Waals surface area contributed by atoms with E-state index in [2.05, 4.69) is 31.9 Å². The first-order valence-electron chi connectivity index (χ1n) is 7.07. The Morgan fingerprint density at radius 2 is 1.83 bits per heavy atom. The number of hydrogen-bond donors (Lipinski definition) is 0. The number of rotatable bonds is 4. The van der Waals surface area contributed by atoms with Crippen molar-refractivity contribution in [3.8, 4) is 5.75 Å². The summed E-state index contributed by atoms with van der Waals surface area (Å²) in [4.78, 5) is 24.6. The molecule has 0 saturated heterocycles. The van der Waals surface area contributed by atoms with Crippen LogP contribution in [0.4, 0.5) is 0 Å². The second-order valence-corrected chi connectivity index (χ2v) is 6.96. The number of fused-ring (bicyclic) bond motifs is 1. The third-order valence-electron chi connectivity index (χ3n) is 3.59. The average Bonchev–Trinajstić information content (AvgIpc) is 2.56.